The molecular weight excluding hydrogens is 248 g/mol. The molecule has 0 atom stereocenters. The van der Waals surface area contributed by atoms with Crippen molar-refractivity contribution in [3.8, 4) is 17.2 Å². The monoisotopic (exact) mass is 258 g/mol. The van der Waals surface area contributed by atoms with Crippen molar-refractivity contribution < 1.29 is 19.7 Å². The van der Waals surface area contributed by atoms with E-state index < -0.39 is 0 Å². The van der Waals surface area contributed by atoms with Crippen molar-refractivity contribution in [1.29, 1.82) is 0 Å². The molecule has 0 aliphatic rings. The number of phenolic OH excluding ortho intramolecular Hbond substituents is 3. The predicted octanol–water partition coefficient (Wildman–Crippen LogP) is 2.37. The van der Waals surface area contributed by atoms with Crippen molar-refractivity contribution in [3.05, 3.63) is 40.2 Å². The standard InChI is InChI=1S/C14H10O5/c1-6-2-9(16)13-11(19-6)4-7-3-8(15)5-10(17)12(7)14(13)18/h2-5,15,17-18H,1H3. The van der Waals surface area contributed by atoms with Gasteiger partial charge in [-0.15, -0.1) is 0 Å². The molecule has 0 amide bonds. The number of fused-ring (bicyclic) bond motifs is 2. The Hall–Kier alpha value is -2.69. The first-order chi connectivity index (χ1) is 8.97. The molecule has 0 bridgehead atoms. The van der Waals surface area contributed by atoms with Crippen molar-refractivity contribution in [1.82, 2.24) is 0 Å². The second kappa shape index (κ2) is 3.65. The van der Waals surface area contributed by atoms with E-state index in [1.165, 1.54) is 18.2 Å². The number of phenols is 3. The first-order valence-corrected chi connectivity index (χ1v) is 5.59. The van der Waals surface area contributed by atoms with Gasteiger partial charge in [0.2, 0.25) is 0 Å². The van der Waals surface area contributed by atoms with Crippen LogP contribution in [0.5, 0.6) is 17.2 Å². The second-order valence-corrected chi connectivity index (χ2v) is 4.38. The van der Waals surface area contributed by atoms with Gasteiger partial charge in [-0.1, -0.05) is 0 Å². The molecule has 0 saturated carbocycles. The molecule has 0 aliphatic carbocycles. The van der Waals surface area contributed by atoms with E-state index in [9.17, 15) is 20.1 Å². The Morgan fingerprint density at radius 2 is 1.74 bits per heavy atom. The molecular formula is C14H10O5. The average Bonchev–Trinajstić information content (AvgIpc) is 2.25. The van der Waals surface area contributed by atoms with Gasteiger partial charge in [0, 0.05) is 12.1 Å². The Kier molecular flexibility index (Phi) is 2.19. The summed E-state index contributed by atoms with van der Waals surface area (Å²) in [6.07, 6.45) is 0. The molecule has 0 fully saturated rings. The quantitative estimate of drug-likeness (QED) is 0.538. The molecule has 3 rings (SSSR count). The maximum Gasteiger partial charge on any atom is 0.196 e. The van der Waals surface area contributed by atoms with Crippen LogP contribution in [0.25, 0.3) is 21.7 Å². The third-order valence-corrected chi connectivity index (χ3v) is 2.99. The summed E-state index contributed by atoms with van der Waals surface area (Å²) in [6.45, 7) is 1.63. The summed E-state index contributed by atoms with van der Waals surface area (Å²) in [5.41, 5.74) is -0.175. The smallest absolute Gasteiger partial charge is 0.196 e. The van der Waals surface area contributed by atoms with Gasteiger partial charge in [-0.3, -0.25) is 4.79 Å². The SMILES string of the molecule is Cc1cc(=O)c2c(O)c3c(O)cc(O)cc3cc2o1. The topological polar surface area (TPSA) is 90.9 Å². The molecule has 0 radical (unpaired) electrons. The third-order valence-electron chi connectivity index (χ3n) is 2.99. The molecule has 96 valence electrons. The van der Waals surface area contributed by atoms with Gasteiger partial charge in [0.05, 0.1) is 5.39 Å². The summed E-state index contributed by atoms with van der Waals surface area (Å²) in [4.78, 5) is 11.9. The van der Waals surface area contributed by atoms with Crippen LogP contribution in [-0.4, -0.2) is 15.3 Å². The molecule has 0 saturated heterocycles. The molecule has 3 N–H and O–H groups in total. The van der Waals surface area contributed by atoms with E-state index in [-0.39, 0.29) is 39.0 Å². The Balaban J connectivity index is 2.64. The van der Waals surface area contributed by atoms with Gasteiger partial charge < -0.3 is 19.7 Å². The minimum Gasteiger partial charge on any atom is -0.508 e. The Morgan fingerprint density at radius 1 is 1.00 bits per heavy atom. The summed E-state index contributed by atoms with van der Waals surface area (Å²) in [5.74, 6) is -0.368. The normalized spacial score (nSPS) is 11.2. The summed E-state index contributed by atoms with van der Waals surface area (Å²) in [5, 5.41) is 29.9. The van der Waals surface area contributed by atoms with Crippen LogP contribution >= 0.6 is 0 Å². The Morgan fingerprint density at radius 3 is 2.47 bits per heavy atom. The number of rotatable bonds is 0. The van der Waals surface area contributed by atoms with Gasteiger partial charge in [-0.25, -0.2) is 0 Å². The lowest BCUT2D eigenvalue weighted by atomic mass is 10.0. The molecule has 0 aliphatic heterocycles. The lowest BCUT2D eigenvalue weighted by Crippen LogP contribution is -2.00. The van der Waals surface area contributed by atoms with E-state index in [1.807, 2.05) is 0 Å². The third kappa shape index (κ3) is 1.59. The molecule has 1 heterocycles. The van der Waals surface area contributed by atoms with Crippen LogP contribution < -0.4 is 5.43 Å². The lowest BCUT2D eigenvalue weighted by Gasteiger charge is -2.08. The summed E-state index contributed by atoms with van der Waals surface area (Å²) < 4.78 is 5.39. The number of hydrogen-bond acceptors (Lipinski definition) is 5. The van der Waals surface area contributed by atoms with Crippen molar-refractivity contribution in [2.45, 2.75) is 6.92 Å². The van der Waals surface area contributed by atoms with Crippen molar-refractivity contribution >= 4 is 21.7 Å². The van der Waals surface area contributed by atoms with E-state index in [0.29, 0.717) is 11.1 Å². The Bertz CT molecular complexity index is 877. The molecule has 3 aromatic rings. The van der Waals surface area contributed by atoms with Crippen LogP contribution in [0.4, 0.5) is 0 Å². The van der Waals surface area contributed by atoms with Gasteiger partial charge in [0.25, 0.3) is 0 Å². The highest BCUT2D eigenvalue weighted by Crippen LogP contribution is 2.39. The number of benzene rings is 2. The van der Waals surface area contributed by atoms with Gasteiger partial charge >= 0.3 is 0 Å². The largest absolute Gasteiger partial charge is 0.508 e. The minimum atomic E-state index is -0.384. The molecule has 1 aromatic heterocycles. The van der Waals surface area contributed by atoms with Crippen molar-refractivity contribution in [2.24, 2.45) is 0 Å². The van der Waals surface area contributed by atoms with Crippen molar-refractivity contribution in [2.75, 3.05) is 0 Å². The minimum absolute atomic E-state index is 0.0130. The molecule has 5 nitrogen and oxygen atoms in total. The lowest BCUT2D eigenvalue weighted by molar-refractivity contribution is 0.450. The molecule has 0 unspecified atom stereocenters. The first-order valence-electron chi connectivity index (χ1n) is 5.59. The van der Waals surface area contributed by atoms with E-state index in [4.69, 9.17) is 4.42 Å². The molecule has 0 spiro atoms. The summed E-state index contributed by atoms with van der Waals surface area (Å²) in [7, 11) is 0. The molecule has 19 heavy (non-hydrogen) atoms. The fourth-order valence-electron chi connectivity index (χ4n) is 2.24. The van der Waals surface area contributed by atoms with E-state index in [0.717, 1.165) is 6.07 Å². The van der Waals surface area contributed by atoms with Gasteiger partial charge in [-0.2, -0.15) is 0 Å². The highest BCUT2D eigenvalue weighted by atomic mass is 16.3. The predicted molar refractivity (Wildman–Crippen MR) is 69.7 cm³/mol. The zero-order valence-corrected chi connectivity index (χ0v) is 9.97. The van der Waals surface area contributed by atoms with E-state index >= 15 is 0 Å². The highest BCUT2D eigenvalue weighted by Gasteiger charge is 2.15. The van der Waals surface area contributed by atoms with E-state index in [1.54, 1.807) is 6.92 Å². The zero-order valence-electron chi connectivity index (χ0n) is 9.97. The maximum atomic E-state index is 11.9. The fourth-order valence-corrected chi connectivity index (χ4v) is 2.24. The number of aryl methyl sites for hydroxylation is 1. The van der Waals surface area contributed by atoms with Gasteiger partial charge in [0.1, 0.15) is 34.0 Å². The Labute approximate surface area is 107 Å². The fraction of sp³-hybridized carbons (Fsp3) is 0.0714. The van der Waals surface area contributed by atoms with Crippen LogP contribution in [0.2, 0.25) is 0 Å². The second-order valence-electron chi connectivity index (χ2n) is 4.38. The van der Waals surface area contributed by atoms with Crippen LogP contribution in [0, 0.1) is 6.92 Å². The summed E-state index contributed by atoms with van der Waals surface area (Å²) >= 11 is 0. The maximum absolute atomic E-state index is 11.9. The first kappa shape index (κ1) is 11.4. The van der Waals surface area contributed by atoms with Crippen LogP contribution in [-0.2, 0) is 0 Å². The number of hydrogen-bond donors (Lipinski definition) is 3. The number of aromatic hydroxyl groups is 3. The molecule has 2 aromatic carbocycles. The van der Waals surface area contributed by atoms with Crippen LogP contribution in [0.3, 0.4) is 0 Å². The van der Waals surface area contributed by atoms with E-state index in [2.05, 4.69) is 0 Å². The summed E-state index contributed by atoms with van der Waals surface area (Å²) in [6, 6.07) is 5.24. The zero-order chi connectivity index (χ0) is 13.7. The molecule has 5 heteroatoms. The van der Waals surface area contributed by atoms with Crippen LogP contribution in [0.1, 0.15) is 5.76 Å². The average molecular weight is 258 g/mol. The van der Waals surface area contributed by atoms with Gasteiger partial charge in [-0.05, 0) is 24.4 Å². The van der Waals surface area contributed by atoms with Gasteiger partial charge in [0.15, 0.2) is 5.43 Å². The van der Waals surface area contributed by atoms with Crippen molar-refractivity contribution in [3.63, 3.8) is 0 Å². The highest BCUT2D eigenvalue weighted by molar-refractivity contribution is 6.06. The van der Waals surface area contributed by atoms with Crippen LogP contribution in [0.15, 0.2) is 33.5 Å².